The van der Waals surface area contributed by atoms with Crippen LogP contribution in [0.5, 0.6) is 5.75 Å². The minimum Gasteiger partial charge on any atom is -0.495 e. The second kappa shape index (κ2) is 17.2. The first-order chi connectivity index (χ1) is 27.1. The van der Waals surface area contributed by atoms with Gasteiger partial charge in [0.1, 0.15) is 5.75 Å². The molecule has 4 heterocycles. The number of carbonyl (C=O) groups is 4. The second-order valence-corrected chi connectivity index (χ2v) is 16.5. The van der Waals surface area contributed by atoms with E-state index in [1.807, 2.05) is 102 Å². The van der Waals surface area contributed by atoms with Crippen LogP contribution in [-0.4, -0.2) is 74.8 Å². The summed E-state index contributed by atoms with van der Waals surface area (Å²) in [6.45, 7) is 7.18. The Balaban J connectivity index is 0.902. The fourth-order valence-corrected chi connectivity index (χ4v) is 9.48. The maximum absolute atomic E-state index is 13.9. The van der Waals surface area contributed by atoms with Crippen LogP contribution in [0.15, 0.2) is 84.8 Å². The average Bonchev–Trinajstić information content (AvgIpc) is 3.92. The van der Waals surface area contributed by atoms with E-state index in [2.05, 4.69) is 27.9 Å². The molecule has 12 heteroatoms. The van der Waals surface area contributed by atoms with Gasteiger partial charge in [0, 0.05) is 53.4 Å². The third-order valence-electron chi connectivity index (χ3n) is 11.1. The Morgan fingerprint density at radius 1 is 1.04 bits per heavy atom. The Hall–Kier alpha value is -5.36. The topological polar surface area (TPSA) is 135 Å². The van der Waals surface area contributed by atoms with Gasteiger partial charge in [0.05, 0.1) is 42.9 Å². The minimum atomic E-state index is -0.179. The van der Waals surface area contributed by atoms with Crippen LogP contribution in [0.4, 0.5) is 4.79 Å². The van der Waals surface area contributed by atoms with Gasteiger partial charge in [0.2, 0.25) is 11.8 Å². The molecule has 0 bridgehead atoms. The Morgan fingerprint density at radius 2 is 1.79 bits per heavy atom. The van der Waals surface area contributed by atoms with Crippen molar-refractivity contribution in [3.8, 4) is 11.4 Å². The van der Waals surface area contributed by atoms with Crippen molar-refractivity contribution in [1.29, 1.82) is 0 Å². The van der Waals surface area contributed by atoms with Crippen LogP contribution in [0.1, 0.15) is 90.3 Å². The van der Waals surface area contributed by atoms with E-state index in [1.54, 1.807) is 25.6 Å². The Morgan fingerprint density at radius 3 is 2.50 bits per heavy atom. The number of urea groups is 1. The molecular weight excluding hydrogens is 725 g/mol. The number of ether oxygens (including phenoxy) is 1. The molecule has 0 aliphatic carbocycles. The molecule has 11 nitrogen and oxygen atoms in total. The summed E-state index contributed by atoms with van der Waals surface area (Å²) in [5, 5.41) is 9.38. The van der Waals surface area contributed by atoms with Gasteiger partial charge in [-0.25, -0.2) is 9.78 Å². The number of thioether (sulfide) groups is 1. The number of piperidine rings is 1. The molecule has 1 aromatic heterocycles. The van der Waals surface area contributed by atoms with Crippen molar-refractivity contribution >= 4 is 41.5 Å². The molecule has 0 radical (unpaired) electrons. The summed E-state index contributed by atoms with van der Waals surface area (Å²) >= 11 is 1.89. The van der Waals surface area contributed by atoms with Gasteiger partial charge in [-0.05, 0) is 73.9 Å². The summed E-state index contributed by atoms with van der Waals surface area (Å²) in [4.78, 5) is 57.6. The molecule has 7 rings (SSSR count). The number of hydrogen-bond acceptors (Lipinski definition) is 7. The molecule has 3 fully saturated rings. The molecule has 3 N–H and O–H groups in total. The van der Waals surface area contributed by atoms with Crippen molar-refractivity contribution in [3.63, 3.8) is 0 Å². The van der Waals surface area contributed by atoms with E-state index in [1.165, 1.54) is 0 Å². The number of nitrogens with zero attached hydrogens (tertiary/aromatic N) is 3. The van der Waals surface area contributed by atoms with E-state index >= 15 is 0 Å². The van der Waals surface area contributed by atoms with Gasteiger partial charge in [-0.15, -0.1) is 0 Å². The number of unbranched alkanes of at least 4 members (excludes halogenated alkanes) is 1. The highest BCUT2D eigenvalue weighted by atomic mass is 32.2. The first-order valence-corrected chi connectivity index (χ1v) is 20.5. The number of nitrogens with one attached hydrogen (secondary N) is 3. The number of rotatable bonds is 14. The number of ketones is 1. The van der Waals surface area contributed by atoms with Gasteiger partial charge in [0.25, 0.3) is 0 Å². The number of aryl methyl sites for hydroxylation is 1. The Bertz CT molecular complexity index is 2110. The number of amides is 4. The van der Waals surface area contributed by atoms with Crippen LogP contribution < -0.4 is 20.7 Å². The quantitative estimate of drug-likeness (QED) is 0.0557. The SMILES string of the molecule is COc1cc(/C=C2\C[C@H](C)CN([C@@H](C)c3ccc(C(=O)c4ccc(CNC(=O)CCCC[C@@H]5SCC6NC(=O)NC65)cc4)cc3)C2=O)ccc1-n1cnc(C)c1. The van der Waals surface area contributed by atoms with Crippen molar-refractivity contribution in [1.82, 2.24) is 30.4 Å². The molecule has 5 atom stereocenters. The maximum Gasteiger partial charge on any atom is 0.315 e. The van der Waals surface area contributed by atoms with Crippen molar-refractivity contribution < 1.29 is 23.9 Å². The third kappa shape index (κ3) is 8.86. The van der Waals surface area contributed by atoms with E-state index in [-0.39, 0.29) is 47.7 Å². The van der Waals surface area contributed by atoms with Crippen LogP contribution in [0, 0.1) is 12.8 Å². The summed E-state index contributed by atoms with van der Waals surface area (Å²) in [7, 11) is 1.64. The van der Waals surface area contributed by atoms with E-state index in [0.29, 0.717) is 48.1 Å². The fraction of sp³-hybridized carbons (Fsp3) is 0.386. The summed E-state index contributed by atoms with van der Waals surface area (Å²) < 4.78 is 7.62. The van der Waals surface area contributed by atoms with Gasteiger partial charge >= 0.3 is 6.03 Å². The van der Waals surface area contributed by atoms with Gasteiger partial charge in [-0.1, -0.05) is 67.9 Å². The largest absolute Gasteiger partial charge is 0.495 e. The van der Waals surface area contributed by atoms with Crippen molar-refractivity contribution in [2.45, 2.75) is 82.8 Å². The first-order valence-electron chi connectivity index (χ1n) is 19.5. The lowest BCUT2D eigenvalue weighted by molar-refractivity contribution is -0.131. The fourth-order valence-electron chi connectivity index (χ4n) is 7.93. The van der Waals surface area contributed by atoms with Crippen LogP contribution in [0.25, 0.3) is 11.8 Å². The lowest BCUT2D eigenvalue weighted by atomic mass is 9.90. The lowest BCUT2D eigenvalue weighted by Crippen LogP contribution is -2.42. The number of fused-ring (bicyclic) bond motifs is 1. The Labute approximate surface area is 332 Å². The number of aromatic nitrogens is 2. The van der Waals surface area contributed by atoms with Gasteiger partial charge < -0.3 is 30.2 Å². The average molecular weight is 775 g/mol. The number of hydrogen-bond donors (Lipinski definition) is 3. The van der Waals surface area contributed by atoms with Crippen LogP contribution in [0.2, 0.25) is 0 Å². The maximum atomic E-state index is 13.9. The highest BCUT2D eigenvalue weighted by molar-refractivity contribution is 8.00. The standard InChI is InChI=1S/C44H50N6O5S/c1-27-19-35(20-31-11-18-37(38(21-31)55-4)49-24-28(2)46-26-49)43(53)50(23-27)29(3)32-14-16-34(17-15-32)42(52)33-12-9-30(10-13-33)22-45-40(51)8-6-5-7-39-41-36(25-56-39)47-44(54)48-41/h9-18,20-21,24,26-27,29,36,39,41H,5-8,19,22-23,25H2,1-4H3,(H,45,51)(H2,47,48,54)/b35-20+/t27-,29-,36?,39-,41?/m0/s1. The van der Waals surface area contributed by atoms with Gasteiger partial charge in [-0.2, -0.15) is 11.8 Å². The number of imidazole rings is 1. The summed E-state index contributed by atoms with van der Waals surface area (Å²) in [5.41, 5.74) is 6.47. The van der Waals surface area contributed by atoms with E-state index in [4.69, 9.17) is 4.74 Å². The molecule has 3 aromatic carbocycles. The predicted molar refractivity (Wildman–Crippen MR) is 219 cm³/mol. The van der Waals surface area contributed by atoms with E-state index in [9.17, 15) is 19.2 Å². The number of methoxy groups -OCH3 is 1. The molecule has 2 unspecified atom stereocenters. The lowest BCUT2D eigenvalue weighted by Gasteiger charge is -2.37. The smallest absolute Gasteiger partial charge is 0.315 e. The van der Waals surface area contributed by atoms with Crippen LogP contribution in [0.3, 0.4) is 0 Å². The predicted octanol–water partition coefficient (Wildman–Crippen LogP) is 6.78. The molecule has 4 aromatic rings. The highest BCUT2D eigenvalue weighted by Crippen LogP contribution is 2.34. The molecule has 0 spiro atoms. The number of benzene rings is 3. The molecule has 3 saturated heterocycles. The molecule has 3 aliphatic heterocycles. The zero-order valence-corrected chi connectivity index (χ0v) is 33.2. The monoisotopic (exact) mass is 774 g/mol. The zero-order chi connectivity index (χ0) is 39.3. The normalized spacial score (nSPS) is 21.7. The molecule has 56 heavy (non-hydrogen) atoms. The highest BCUT2D eigenvalue weighted by Gasteiger charge is 2.42. The number of carbonyl (C=O) groups excluding carboxylic acids is 4. The van der Waals surface area contributed by atoms with Gasteiger partial charge in [-0.3, -0.25) is 14.4 Å². The molecule has 292 valence electrons. The molecule has 0 saturated carbocycles. The van der Waals surface area contributed by atoms with Crippen molar-refractivity contribution in [3.05, 3.63) is 118 Å². The molecule has 4 amide bonds. The molecular formula is C44H50N6O5S. The summed E-state index contributed by atoms with van der Waals surface area (Å²) in [5.74, 6) is 1.85. The zero-order valence-electron chi connectivity index (χ0n) is 32.4. The van der Waals surface area contributed by atoms with E-state index in [0.717, 1.165) is 58.7 Å². The molecule has 3 aliphatic rings. The summed E-state index contributed by atoms with van der Waals surface area (Å²) in [6.07, 6.45) is 9.54. The number of likely N-dealkylation sites (tertiary alicyclic amines) is 1. The van der Waals surface area contributed by atoms with Gasteiger partial charge in [0.15, 0.2) is 5.78 Å². The van der Waals surface area contributed by atoms with Crippen molar-refractivity contribution in [2.75, 3.05) is 19.4 Å². The van der Waals surface area contributed by atoms with Crippen LogP contribution in [-0.2, 0) is 16.1 Å². The first kappa shape index (κ1) is 38.9. The Kier molecular flexibility index (Phi) is 11.9. The van der Waals surface area contributed by atoms with Crippen LogP contribution >= 0.6 is 11.8 Å². The minimum absolute atomic E-state index is 0.00714. The summed E-state index contributed by atoms with van der Waals surface area (Å²) in [6, 6.07) is 21.0. The second-order valence-electron chi connectivity index (χ2n) is 15.3. The van der Waals surface area contributed by atoms with Crippen molar-refractivity contribution in [2.24, 2.45) is 5.92 Å². The van der Waals surface area contributed by atoms with E-state index < -0.39 is 0 Å². The third-order valence-corrected chi connectivity index (χ3v) is 12.6.